The van der Waals surface area contributed by atoms with Crippen molar-refractivity contribution in [1.29, 1.82) is 5.26 Å². The first-order valence-electron chi connectivity index (χ1n) is 4.01. The highest BCUT2D eigenvalue weighted by Crippen LogP contribution is 2.25. The molecule has 0 aliphatic carbocycles. The number of hydrogen-bond acceptors (Lipinski definition) is 2. The largest absolute Gasteiger partial charge is 0.496 e. The first kappa shape index (κ1) is 11.0. The number of alkyl halides is 1. The Morgan fingerprint density at radius 1 is 1.50 bits per heavy atom. The zero-order valence-electron chi connectivity index (χ0n) is 7.68. The second kappa shape index (κ2) is 4.97. The van der Waals surface area contributed by atoms with E-state index >= 15 is 0 Å². The lowest BCUT2D eigenvalue weighted by molar-refractivity contribution is 0.409. The Hall–Kier alpha value is -1.08. The van der Waals surface area contributed by atoms with Crippen LogP contribution < -0.4 is 4.74 Å². The van der Waals surface area contributed by atoms with Gasteiger partial charge in [0.15, 0.2) is 0 Å². The average Bonchev–Trinajstić information content (AvgIpc) is 2.20. The molecule has 0 aromatic heterocycles. The molecule has 0 amide bonds. The van der Waals surface area contributed by atoms with E-state index in [0.717, 1.165) is 5.56 Å². The van der Waals surface area contributed by atoms with Gasteiger partial charge in [-0.1, -0.05) is 15.9 Å². The van der Waals surface area contributed by atoms with E-state index in [1.807, 2.05) is 6.07 Å². The van der Waals surface area contributed by atoms with Crippen LogP contribution in [0.2, 0.25) is 0 Å². The first-order valence-corrected chi connectivity index (χ1v) is 5.13. The van der Waals surface area contributed by atoms with Gasteiger partial charge >= 0.3 is 0 Å². The number of nitriles is 1. The van der Waals surface area contributed by atoms with Crippen LogP contribution in [0.3, 0.4) is 0 Å². The molecule has 0 heterocycles. The number of benzene rings is 1. The van der Waals surface area contributed by atoms with Crippen LogP contribution in [0.1, 0.15) is 11.1 Å². The molecule has 0 saturated heterocycles. The summed E-state index contributed by atoms with van der Waals surface area (Å²) in [5.74, 6) is 0.246. The summed E-state index contributed by atoms with van der Waals surface area (Å²) < 4.78 is 18.4. The molecule has 1 rings (SSSR count). The lowest BCUT2D eigenvalue weighted by atomic mass is 10.1. The number of methoxy groups -OCH3 is 1. The van der Waals surface area contributed by atoms with E-state index in [-0.39, 0.29) is 12.2 Å². The minimum Gasteiger partial charge on any atom is -0.496 e. The highest BCUT2D eigenvalue weighted by atomic mass is 79.9. The van der Waals surface area contributed by atoms with Gasteiger partial charge in [-0.25, -0.2) is 4.39 Å². The predicted octanol–water partition coefficient (Wildman–Crippen LogP) is 2.80. The lowest BCUT2D eigenvalue weighted by Crippen LogP contribution is -1.96. The maximum atomic E-state index is 13.3. The molecule has 14 heavy (non-hydrogen) atoms. The molecule has 0 unspecified atom stereocenters. The standard InChI is InChI=1S/C10H9BrFNO/c1-14-10-5-7(2-3-13)9(12)4-8(10)6-11/h4-5H,2,6H2,1H3. The Balaban J connectivity index is 3.17. The van der Waals surface area contributed by atoms with Crippen molar-refractivity contribution in [1.82, 2.24) is 0 Å². The van der Waals surface area contributed by atoms with Crippen LogP contribution in [-0.2, 0) is 11.8 Å². The van der Waals surface area contributed by atoms with Crippen molar-refractivity contribution in [3.8, 4) is 11.8 Å². The van der Waals surface area contributed by atoms with Crippen molar-refractivity contribution in [2.75, 3.05) is 7.11 Å². The van der Waals surface area contributed by atoms with Crippen molar-refractivity contribution in [2.45, 2.75) is 11.8 Å². The maximum absolute atomic E-state index is 13.3. The second-order valence-corrected chi connectivity index (χ2v) is 3.28. The van der Waals surface area contributed by atoms with Crippen LogP contribution in [0.25, 0.3) is 0 Å². The molecule has 0 aliphatic rings. The van der Waals surface area contributed by atoms with E-state index in [9.17, 15) is 4.39 Å². The summed E-state index contributed by atoms with van der Waals surface area (Å²) in [6.07, 6.45) is 0.0603. The van der Waals surface area contributed by atoms with Gasteiger partial charge in [0.25, 0.3) is 0 Å². The topological polar surface area (TPSA) is 33.0 Å². The molecule has 0 fully saturated rings. The van der Waals surface area contributed by atoms with Gasteiger partial charge in [0.2, 0.25) is 0 Å². The van der Waals surface area contributed by atoms with Gasteiger partial charge in [-0.15, -0.1) is 0 Å². The van der Waals surface area contributed by atoms with Crippen molar-refractivity contribution in [3.63, 3.8) is 0 Å². The van der Waals surface area contributed by atoms with E-state index < -0.39 is 0 Å². The molecule has 2 nitrogen and oxygen atoms in total. The highest BCUT2D eigenvalue weighted by Gasteiger charge is 2.09. The van der Waals surface area contributed by atoms with E-state index in [1.54, 1.807) is 6.07 Å². The Kier molecular flexibility index (Phi) is 3.90. The molecule has 1 aromatic carbocycles. The molecular weight excluding hydrogens is 249 g/mol. The van der Waals surface area contributed by atoms with Gasteiger partial charge < -0.3 is 4.74 Å². The molecular formula is C10H9BrFNO. The number of ether oxygens (including phenoxy) is 1. The maximum Gasteiger partial charge on any atom is 0.128 e. The molecule has 0 N–H and O–H groups in total. The van der Waals surface area contributed by atoms with Crippen LogP contribution >= 0.6 is 15.9 Å². The first-order chi connectivity index (χ1) is 6.72. The van der Waals surface area contributed by atoms with Crippen molar-refractivity contribution < 1.29 is 9.13 Å². The molecule has 1 aromatic rings. The normalized spacial score (nSPS) is 9.57. The minimum atomic E-state index is -0.359. The second-order valence-electron chi connectivity index (χ2n) is 2.72. The SMILES string of the molecule is COc1cc(CC#N)c(F)cc1CBr. The summed E-state index contributed by atoms with van der Waals surface area (Å²) in [5, 5.41) is 9.00. The fourth-order valence-electron chi connectivity index (χ4n) is 1.15. The van der Waals surface area contributed by atoms with Gasteiger partial charge in [-0.05, 0) is 12.1 Å². The van der Waals surface area contributed by atoms with Gasteiger partial charge in [0.1, 0.15) is 11.6 Å². The summed E-state index contributed by atoms with van der Waals surface area (Å²) >= 11 is 3.24. The van der Waals surface area contributed by atoms with Gasteiger partial charge in [0, 0.05) is 16.5 Å². The Morgan fingerprint density at radius 2 is 2.21 bits per heavy atom. The Labute approximate surface area is 90.4 Å². The molecule has 74 valence electrons. The molecule has 0 saturated carbocycles. The number of nitrogens with zero attached hydrogens (tertiary/aromatic N) is 1. The monoisotopic (exact) mass is 257 g/mol. The van der Waals surface area contributed by atoms with Crippen LogP contribution in [0, 0.1) is 17.1 Å². The summed E-state index contributed by atoms with van der Waals surface area (Å²) in [4.78, 5) is 0. The van der Waals surface area contributed by atoms with E-state index in [2.05, 4.69) is 15.9 Å². The van der Waals surface area contributed by atoms with Crippen molar-refractivity contribution in [3.05, 3.63) is 29.1 Å². The summed E-state index contributed by atoms with van der Waals surface area (Å²) in [6, 6.07) is 4.86. The van der Waals surface area contributed by atoms with Crippen molar-refractivity contribution >= 4 is 15.9 Å². The van der Waals surface area contributed by atoms with E-state index in [4.69, 9.17) is 10.00 Å². The molecule has 0 aliphatic heterocycles. The summed E-state index contributed by atoms with van der Waals surface area (Å²) in [7, 11) is 1.52. The summed E-state index contributed by atoms with van der Waals surface area (Å²) in [6.45, 7) is 0. The average molecular weight is 258 g/mol. The molecule has 0 atom stereocenters. The molecule has 0 bridgehead atoms. The predicted molar refractivity (Wildman–Crippen MR) is 54.9 cm³/mol. The minimum absolute atomic E-state index is 0.0603. The fourth-order valence-corrected chi connectivity index (χ4v) is 1.59. The quantitative estimate of drug-likeness (QED) is 0.781. The number of rotatable bonds is 3. The van der Waals surface area contributed by atoms with Gasteiger partial charge in [-0.3, -0.25) is 0 Å². The Morgan fingerprint density at radius 3 is 2.71 bits per heavy atom. The van der Waals surface area contributed by atoms with E-state index in [0.29, 0.717) is 16.6 Å². The lowest BCUT2D eigenvalue weighted by Gasteiger charge is -2.08. The van der Waals surface area contributed by atoms with Crippen LogP contribution in [0.4, 0.5) is 4.39 Å². The summed E-state index contributed by atoms with van der Waals surface area (Å²) in [5.41, 5.74) is 1.11. The van der Waals surface area contributed by atoms with Crippen LogP contribution in [-0.4, -0.2) is 7.11 Å². The third kappa shape index (κ3) is 2.24. The highest BCUT2D eigenvalue weighted by molar-refractivity contribution is 9.08. The smallest absolute Gasteiger partial charge is 0.128 e. The third-order valence-electron chi connectivity index (χ3n) is 1.86. The fraction of sp³-hybridized carbons (Fsp3) is 0.300. The molecule has 0 spiro atoms. The van der Waals surface area contributed by atoms with Gasteiger partial charge in [-0.2, -0.15) is 5.26 Å². The third-order valence-corrected chi connectivity index (χ3v) is 2.47. The molecule has 0 radical (unpaired) electrons. The van der Waals surface area contributed by atoms with E-state index in [1.165, 1.54) is 13.2 Å². The van der Waals surface area contributed by atoms with Crippen LogP contribution in [0.5, 0.6) is 5.75 Å². The van der Waals surface area contributed by atoms with Crippen LogP contribution in [0.15, 0.2) is 12.1 Å². The zero-order valence-corrected chi connectivity index (χ0v) is 9.27. The van der Waals surface area contributed by atoms with Gasteiger partial charge in [0.05, 0.1) is 19.6 Å². The number of hydrogen-bond donors (Lipinski definition) is 0. The molecule has 4 heteroatoms. The zero-order chi connectivity index (χ0) is 10.6. The van der Waals surface area contributed by atoms with Crippen molar-refractivity contribution in [2.24, 2.45) is 0 Å². The Bertz CT molecular complexity index is 373. The number of halogens is 2.